The van der Waals surface area contributed by atoms with Crippen molar-refractivity contribution in [1.82, 2.24) is 14.8 Å². The lowest BCUT2D eigenvalue weighted by molar-refractivity contribution is -0.132. The lowest BCUT2D eigenvalue weighted by atomic mass is 10.0. The molecule has 0 spiro atoms. The Morgan fingerprint density at radius 1 is 1.21 bits per heavy atom. The van der Waals surface area contributed by atoms with Crippen LogP contribution in [0.2, 0.25) is 0 Å². The van der Waals surface area contributed by atoms with Crippen molar-refractivity contribution in [3.05, 3.63) is 62.8 Å². The normalized spacial score (nSPS) is 24.3. The molecular formula is C22H20F3N3O5. The number of halogens is 3. The third-order valence-electron chi connectivity index (χ3n) is 6.53. The quantitative estimate of drug-likeness (QED) is 0.727. The van der Waals surface area contributed by atoms with Crippen molar-refractivity contribution in [3.63, 3.8) is 0 Å². The number of fused-ring (bicyclic) bond motifs is 5. The highest BCUT2D eigenvalue weighted by atomic mass is 19.1. The van der Waals surface area contributed by atoms with Crippen LogP contribution in [-0.2, 0) is 11.3 Å². The summed E-state index contributed by atoms with van der Waals surface area (Å²) in [7, 11) is 0. The molecule has 1 aromatic carbocycles. The van der Waals surface area contributed by atoms with Crippen molar-refractivity contribution in [2.45, 2.75) is 57.1 Å². The van der Waals surface area contributed by atoms with Crippen molar-refractivity contribution in [2.75, 3.05) is 0 Å². The van der Waals surface area contributed by atoms with Crippen molar-refractivity contribution in [3.8, 4) is 5.75 Å². The molecule has 0 radical (unpaired) electrons. The summed E-state index contributed by atoms with van der Waals surface area (Å²) < 4.78 is 48.5. The number of ether oxygens (including phenoxy) is 1. The zero-order valence-electron chi connectivity index (χ0n) is 17.5. The van der Waals surface area contributed by atoms with Gasteiger partial charge in [0, 0.05) is 29.9 Å². The monoisotopic (exact) mass is 463 g/mol. The van der Waals surface area contributed by atoms with Crippen LogP contribution in [-0.4, -0.2) is 44.8 Å². The van der Waals surface area contributed by atoms with Gasteiger partial charge in [-0.05, 0) is 26.2 Å². The van der Waals surface area contributed by atoms with Gasteiger partial charge in [0.1, 0.15) is 23.0 Å². The van der Waals surface area contributed by atoms with E-state index < -0.39 is 63.8 Å². The Balaban J connectivity index is 1.47. The molecule has 3 aliphatic rings. The Morgan fingerprint density at radius 2 is 1.91 bits per heavy atom. The summed E-state index contributed by atoms with van der Waals surface area (Å²) in [6, 6.07) is -0.325. The first-order chi connectivity index (χ1) is 15.7. The number of amides is 2. The second-order valence-electron chi connectivity index (χ2n) is 8.59. The van der Waals surface area contributed by atoms with Crippen LogP contribution >= 0.6 is 0 Å². The van der Waals surface area contributed by atoms with E-state index in [9.17, 15) is 32.7 Å². The summed E-state index contributed by atoms with van der Waals surface area (Å²) in [4.78, 5) is 40.1. The Morgan fingerprint density at radius 3 is 2.61 bits per heavy atom. The van der Waals surface area contributed by atoms with Crippen LogP contribution in [0.3, 0.4) is 0 Å². The number of aromatic hydroxyl groups is 1. The first kappa shape index (κ1) is 21.5. The van der Waals surface area contributed by atoms with Crippen molar-refractivity contribution in [2.24, 2.45) is 0 Å². The van der Waals surface area contributed by atoms with Crippen LogP contribution in [0.4, 0.5) is 13.2 Å². The summed E-state index contributed by atoms with van der Waals surface area (Å²) in [5.74, 6) is -5.94. The van der Waals surface area contributed by atoms with Crippen LogP contribution in [0.25, 0.3) is 0 Å². The average molecular weight is 463 g/mol. The fourth-order valence-corrected chi connectivity index (χ4v) is 5.03. The van der Waals surface area contributed by atoms with Crippen molar-refractivity contribution >= 4 is 11.8 Å². The molecule has 1 unspecified atom stereocenters. The molecule has 1 aromatic heterocycles. The molecule has 11 heteroatoms. The van der Waals surface area contributed by atoms with Gasteiger partial charge in [0.2, 0.25) is 5.43 Å². The number of nitrogens with zero attached hydrogens (tertiary/aromatic N) is 2. The summed E-state index contributed by atoms with van der Waals surface area (Å²) >= 11 is 0. The van der Waals surface area contributed by atoms with Gasteiger partial charge in [0.15, 0.2) is 17.7 Å². The third kappa shape index (κ3) is 3.38. The number of nitrogens with one attached hydrogen (secondary N) is 1. The third-order valence-corrected chi connectivity index (χ3v) is 6.53. The minimum absolute atomic E-state index is 0.0303. The number of hydrogen-bond donors (Lipinski definition) is 2. The minimum atomic E-state index is -1.25. The van der Waals surface area contributed by atoms with Gasteiger partial charge in [0.05, 0.1) is 18.7 Å². The lowest BCUT2D eigenvalue weighted by Gasteiger charge is -2.44. The molecule has 8 nitrogen and oxygen atoms in total. The van der Waals surface area contributed by atoms with Gasteiger partial charge < -0.3 is 24.6 Å². The Bertz CT molecular complexity index is 1220. The molecule has 1 aliphatic carbocycles. The molecule has 2 fully saturated rings. The highest BCUT2D eigenvalue weighted by Crippen LogP contribution is 2.38. The van der Waals surface area contributed by atoms with Crippen molar-refractivity contribution < 1.29 is 32.6 Å². The van der Waals surface area contributed by atoms with Crippen LogP contribution in [0, 0.1) is 17.5 Å². The molecule has 1 saturated heterocycles. The predicted molar refractivity (Wildman–Crippen MR) is 107 cm³/mol. The summed E-state index contributed by atoms with van der Waals surface area (Å²) in [6.45, 7) is 1.37. The van der Waals surface area contributed by atoms with Gasteiger partial charge in [-0.3, -0.25) is 14.4 Å². The van der Waals surface area contributed by atoms with E-state index in [1.807, 2.05) is 0 Å². The number of aromatic nitrogens is 1. The van der Waals surface area contributed by atoms with E-state index in [4.69, 9.17) is 4.74 Å². The number of benzene rings is 1. The maximum atomic E-state index is 14.1. The number of carbonyl (C=O) groups is 2. The summed E-state index contributed by atoms with van der Waals surface area (Å²) in [5, 5.41) is 12.8. The first-order valence-electron chi connectivity index (χ1n) is 10.6. The fourth-order valence-electron chi connectivity index (χ4n) is 5.03. The van der Waals surface area contributed by atoms with Crippen LogP contribution in [0.5, 0.6) is 5.75 Å². The summed E-state index contributed by atoms with van der Waals surface area (Å²) in [6.07, 6.45) is 2.85. The van der Waals surface area contributed by atoms with E-state index in [0.717, 1.165) is 19.0 Å². The molecule has 33 heavy (non-hydrogen) atoms. The van der Waals surface area contributed by atoms with Crippen LogP contribution in [0.15, 0.2) is 23.1 Å². The zero-order valence-corrected chi connectivity index (χ0v) is 17.5. The van der Waals surface area contributed by atoms with Gasteiger partial charge >= 0.3 is 0 Å². The number of rotatable bonds is 3. The molecule has 2 aromatic rings. The number of carbonyl (C=O) groups excluding carboxylic acids is 2. The summed E-state index contributed by atoms with van der Waals surface area (Å²) in [5.41, 5.74) is -2.40. The highest BCUT2D eigenvalue weighted by Gasteiger charge is 2.47. The van der Waals surface area contributed by atoms with Crippen LogP contribution < -0.4 is 10.7 Å². The molecule has 2 bridgehead atoms. The minimum Gasteiger partial charge on any atom is -0.503 e. The maximum Gasteiger partial charge on any atom is 0.276 e. The maximum absolute atomic E-state index is 14.1. The molecule has 2 aliphatic heterocycles. The van der Waals surface area contributed by atoms with E-state index in [2.05, 4.69) is 5.32 Å². The highest BCUT2D eigenvalue weighted by molar-refractivity contribution is 5.99. The molecule has 2 N–H and O–H groups in total. The van der Waals surface area contributed by atoms with Gasteiger partial charge in [-0.15, -0.1) is 0 Å². The van der Waals surface area contributed by atoms with E-state index in [1.54, 1.807) is 4.90 Å². The number of hydrogen-bond acceptors (Lipinski definition) is 5. The first-order valence-corrected chi connectivity index (χ1v) is 10.6. The molecular weight excluding hydrogens is 443 g/mol. The topological polar surface area (TPSA) is 101 Å². The molecule has 2 amide bonds. The van der Waals surface area contributed by atoms with Gasteiger partial charge in [-0.1, -0.05) is 0 Å². The van der Waals surface area contributed by atoms with E-state index >= 15 is 0 Å². The smallest absolute Gasteiger partial charge is 0.276 e. The van der Waals surface area contributed by atoms with Gasteiger partial charge in [0.25, 0.3) is 11.8 Å². The predicted octanol–water partition coefficient (Wildman–Crippen LogP) is 2.20. The Hall–Kier alpha value is -3.34. The Labute approximate surface area is 185 Å². The second kappa shape index (κ2) is 7.62. The standard InChI is InChI=1S/C22H20F3N3O5/c1-9(17-14(24)4-10(23)5-15(17)25)26-21(31)13-7-27-8-16-28(11-2-3-12(6-11)33-16)22(32)18(27)20(30)19(13)29/h4-5,7,9,11-12,16,30H,2-3,6,8H2,1H3,(H,26,31)/t9-,11?,12-,16-/m1/s1. The van der Waals surface area contributed by atoms with Gasteiger partial charge in [-0.25, -0.2) is 13.2 Å². The largest absolute Gasteiger partial charge is 0.503 e. The van der Waals surface area contributed by atoms with Crippen molar-refractivity contribution in [1.29, 1.82) is 0 Å². The second-order valence-corrected chi connectivity index (χ2v) is 8.59. The van der Waals surface area contributed by atoms with E-state index in [-0.39, 0.29) is 24.4 Å². The number of pyridine rings is 1. The average Bonchev–Trinajstić information content (AvgIpc) is 3.10. The molecule has 5 rings (SSSR count). The SMILES string of the molecule is C[C@@H](NC(=O)c1cn2c(c(O)c1=O)C(=O)N1C3CC[C@H](C3)O[C@@H]1C2)c1c(F)cc(F)cc1F. The van der Waals surface area contributed by atoms with Gasteiger partial charge in [-0.2, -0.15) is 0 Å². The molecule has 1 saturated carbocycles. The lowest BCUT2D eigenvalue weighted by Crippen LogP contribution is -2.57. The molecule has 3 heterocycles. The molecule has 4 atom stereocenters. The fraction of sp³-hybridized carbons (Fsp3) is 0.409. The Kier molecular flexibility index (Phi) is 4.96. The van der Waals surface area contributed by atoms with E-state index in [0.29, 0.717) is 18.6 Å². The molecule has 174 valence electrons. The van der Waals surface area contributed by atoms with Crippen LogP contribution in [0.1, 0.15) is 58.6 Å². The zero-order chi connectivity index (χ0) is 23.6. The van der Waals surface area contributed by atoms with E-state index in [1.165, 1.54) is 11.5 Å².